The summed E-state index contributed by atoms with van der Waals surface area (Å²) in [6.07, 6.45) is 1.39. The Morgan fingerprint density at radius 2 is 1.68 bits per heavy atom. The smallest absolute Gasteiger partial charge is 0.338 e. The fourth-order valence-electron chi connectivity index (χ4n) is 3.24. The van der Waals surface area contributed by atoms with Gasteiger partial charge in [-0.1, -0.05) is 0 Å². The largest absolute Gasteiger partial charge is 0.490 e. The van der Waals surface area contributed by atoms with Crippen LogP contribution in [0.15, 0.2) is 42.0 Å². The van der Waals surface area contributed by atoms with Crippen LogP contribution in [0.4, 0.5) is 10.5 Å². The van der Waals surface area contributed by atoms with Crippen LogP contribution in [0.2, 0.25) is 0 Å². The van der Waals surface area contributed by atoms with E-state index in [1.807, 2.05) is 13.8 Å². The number of halogens is 1. The summed E-state index contributed by atoms with van der Waals surface area (Å²) in [6, 6.07) is 8.28. The molecular weight excluding hydrogens is 555 g/mol. The van der Waals surface area contributed by atoms with E-state index in [0.717, 1.165) is 8.47 Å². The molecule has 0 bridgehead atoms. The van der Waals surface area contributed by atoms with Crippen LogP contribution >= 0.6 is 22.6 Å². The molecule has 3 rings (SSSR count). The number of benzene rings is 2. The number of rotatable bonds is 8. The molecule has 1 aliphatic rings. The molecule has 34 heavy (non-hydrogen) atoms. The van der Waals surface area contributed by atoms with Crippen molar-refractivity contribution in [2.24, 2.45) is 0 Å². The molecule has 0 aliphatic carbocycles. The number of anilines is 1. The van der Waals surface area contributed by atoms with Crippen molar-refractivity contribution < 1.29 is 33.4 Å². The molecule has 0 spiro atoms. The van der Waals surface area contributed by atoms with Gasteiger partial charge in [-0.3, -0.25) is 14.9 Å². The summed E-state index contributed by atoms with van der Waals surface area (Å²) < 4.78 is 17.0. The van der Waals surface area contributed by atoms with E-state index in [2.05, 4.69) is 27.9 Å². The summed E-state index contributed by atoms with van der Waals surface area (Å²) >= 11 is 2.09. The quantitative estimate of drug-likeness (QED) is 0.219. The van der Waals surface area contributed by atoms with E-state index < -0.39 is 23.8 Å². The summed E-state index contributed by atoms with van der Waals surface area (Å²) in [5, 5.41) is 2.18. The van der Waals surface area contributed by atoms with Crippen molar-refractivity contribution in [2.45, 2.75) is 20.8 Å². The molecule has 2 aromatic carbocycles. The van der Waals surface area contributed by atoms with Crippen LogP contribution in [0, 0.1) is 3.57 Å². The third-order valence-electron chi connectivity index (χ3n) is 4.67. The zero-order chi connectivity index (χ0) is 24.8. The van der Waals surface area contributed by atoms with Gasteiger partial charge in [-0.2, -0.15) is 0 Å². The summed E-state index contributed by atoms with van der Waals surface area (Å²) in [7, 11) is 0. The minimum absolute atomic E-state index is 0.199. The number of barbiturate groups is 1. The molecule has 4 amide bonds. The number of urea groups is 1. The van der Waals surface area contributed by atoms with Crippen molar-refractivity contribution in [1.29, 1.82) is 0 Å². The Morgan fingerprint density at radius 1 is 1.00 bits per heavy atom. The van der Waals surface area contributed by atoms with Gasteiger partial charge in [0.1, 0.15) is 5.57 Å². The third kappa shape index (κ3) is 5.38. The maximum atomic E-state index is 13.2. The second-order valence-corrected chi connectivity index (χ2v) is 8.08. The highest BCUT2D eigenvalue weighted by atomic mass is 127. The number of hydrogen-bond acceptors (Lipinski definition) is 7. The van der Waals surface area contributed by atoms with E-state index in [9.17, 15) is 19.2 Å². The number of nitrogens with zero attached hydrogens (tertiary/aromatic N) is 1. The summed E-state index contributed by atoms with van der Waals surface area (Å²) in [6.45, 7) is 6.46. The van der Waals surface area contributed by atoms with Gasteiger partial charge < -0.3 is 14.2 Å². The molecule has 2 aromatic rings. The lowest BCUT2D eigenvalue weighted by molar-refractivity contribution is -0.122. The van der Waals surface area contributed by atoms with Gasteiger partial charge in [-0.25, -0.2) is 14.5 Å². The lowest BCUT2D eigenvalue weighted by Crippen LogP contribution is -2.54. The number of hydrogen-bond donors (Lipinski definition) is 1. The Bertz CT molecular complexity index is 1160. The predicted octanol–water partition coefficient (Wildman–Crippen LogP) is 3.93. The van der Waals surface area contributed by atoms with Crippen LogP contribution in [0.1, 0.15) is 36.7 Å². The van der Waals surface area contributed by atoms with Gasteiger partial charge in [0.25, 0.3) is 11.8 Å². The van der Waals surface area contributed by atoms with E-state index >= 15 is 0 Å². The van der Waals surface area contributed by atoms with Crippen LogP contribution in [0.25, 0.3) is 6.08 Å². The second-order valence-electron chi connectivity index (χ2n) is 6.92. The molecule has 10 heteroatoms. The minimum Gasteiger partial charge on any atom is -0.490 e. The van der Waals surface area contributed by atoms with Crippen LogP contribution in [-0.2, 0) is 14.3 Å². The maximum absolute atomic E-state index is 13.2. The molecule has 0 saturated carbocycles. The van der Waals surface area contributed by atoms with E-state index in [1.54, 1.807) is 19.1 Å². The Morgan fingerprint density at radius 3 is 2.29 bits per heavy atom. The van der Waals surface area contributed by atoms with E-state index in [4.69, 9.17) is 14.2 Å². The zero-order valence-corrected chi connectivity index (χ0v) is 21.0. The zero-order valence-electron chi connectivity index (χ0n) is 18.8. The Balaban J connectivity index is 1.97. The number of imide groups is 2. The highest BCUT2D eigenvalue weighted by Crippen LogP contribution is 2.35. The number of carbonyl (C=O) groups is 4. The standard InChI is InChI=1S/C24H23IN2O7/c1-4-32-19-13-14(12-18(25)20(19)33-5-2)11-17-21(28)26-24(31)27(22(17)29)16-9-7-15(8-10-16)23(30)34-6-3/h7-13H,4-6H2,1-3H3,(H,26,28,31)/b17-11+. The molecule has 1 saturated heterocycles. The molecule has 0 aromatic heterocycles. The number of ether oxygens (including phenoxy) is 3. The normalized spacial score (nSPS) is 14.8. The van der Waals surface area contributed by atoms with Gasteiger partial charge in [-0.15, -0.1) is 0 Å². The van der Waals surface area contributed by atoms with Gasteiger partial charge in [-0.05, 0) is 91.4 Å². The van der Waals surface area contributed by atoms with E-state index in [0.29, 0.717) is 30.3 Å². The van der Waals surface area contributed by atoms with Gasteiger partial charge in [0.15, 0.2) is 11.5 Å². The molecule has 1 fully saturated rings. The second kappa shape index (κ2) is 11.1. The SMILES string of the molecule is CCOC(=O)c1ccc(N2C(=O)NC(=O)/C(=C\c3cc(I)c(OCC)c(OCC)c3)C2=O)cc1. The third-order valence-corrected chi connectivity index (χ3v) is 5.47. The van der Waals surface area contributed by atoms with Crippen molar-refractivity contribution in [3.05, 3.63) is 56.7 Å². The monoisotopic (exact) mass is 578 g/mol. The Hall–Kier alpha value is -3.41. The maximum Gasteiger partial charge on any atom is 0.338 e. The van der Waals surface area contributed by atoms with E-state index in [1.165, 1.54) is 30.3 Å². The van der Waals surface area contributed by atoms with Crippen molar-refractivity contribution in [1.82, 2.24) is 5.32 Å². The molecule has 0 radical (unpaired) electrons. The van der Waals surface area contributed by atoms with Crippen LogP contribution in [0.5, 0.6) is 11.5 Å². The van der Waals surface area contributed by atoms with Crippen molar-refractivity contribution in [3.8, 4) is 11.5 Å². The first-order chi connectivity index (χ1) is 16.3. The fraction of sp³-hybridized carbons (Fsp3) is 0.250. The lowest BCUT2D eigenvalue weighted by atomic mass is 10.1. The molecular formula is C24H23IN2O7. The minimum atomic E-state index is -0.882. The molecule has 1 N–H and O–H groups in total. The number of nitrogens with one attached hydrogen (secondary N) is 1. The Labute approximate surface area is 210 Å². The molecule has 0 atom stereocenters. The van der Waals surface area contributed by atoms with Gasteiger partial charge in [0, 0.05) is 0 Å². The van der Waals surface area contributed by atoms with Crippen molar-refractivity contribution in [3.63, 3.8) is 0 Å². The summed E-state index contributed by atoms with van der Waals surface area (Å²) in [5.74, 6) is -1.07. The summed E-state index contributed by atoms with van der Waals surface area (Å²) in [5.41, 5.74) is 0.776. The van der Waals surface area contributed by atoms with Crippen LogP contribution < -0.4 is 19.7 Å². The lowest BCUT2D eigenvalue weighted by Gasteiger charge is -2.26. The van der Waals surface area contributed by atoms with Gasteiger partial charge in [0.05, 0.1) is 34.6 Å². The molecule has 1 heterocycles. The summed E-state index contributed by atoms with van der Waals surface area (Å²) in [4.78, 5) is 50.8. The van der Waals surface area contributed by atoms with Gasteiger partial charge >= 0.3 is 12.0 Å². The fourth-order valence-corrected chi connectivity index (χ4v) is 4.02. The first kappa shape index (κ1) is 25.2. The molecule has 1 aliphatic heterocycles. The predicted molar refractivity (Wildman–Crippen MR) is 133 cm³/mol. The molecule has 0 unspecified atom stereocenters. The highest BCUT2D eigenvalue weighted by Gasteiger charge is 2.37. The van der Waals surface area contributed by atoms with Crippen LogP contribution in [0.3, 0.4) is 0 Å². The first-order valence-electron chi connectivity index (χ1n) is 10.6. The van der Waals surface area contributed by atoms with Crippen molar-refractivity contribution in [2.75, 3.05) is 24.7 Å². The number of amides is 4. The molecule has 178 valence electrons. The van der Waals surface area contributed by atoms with Crippen molar-refractivity contribution >= 4 is 58.2 Å². The number of esters is 1. The molecule has 9 nitrogen and oxygen atoms in total. The van der Waals surface area contributed by atoms with E-state index in [-0.39, 0.29) is 23.4 Å². The number of carbonyl (C=O) groups excluding carboxylic acids is 4. The topological polar surface area (TPSA) is 111 Å². The highest BCUT2D eigenvalue weighted by molar-refractivity contribution is 14.1. The van der Waals surface area contributed by atoms with Gasteiger partial charge in [0.2, 0.25) is 0 Å². The Kier molecular flexibility index (Phi) is 8.26. The van der Waals surface area contributed by atoms with Crippen LogP contribution in [-0.4, -0.2) is 43.6 Å². The first-order valence-corrected chi connectivity index (χ1v) is 11.7. The average Bonchev–Trinajstić information content (AvgIpc) is 2.79. The average molecular weight is 578 g/mol.